The molecule has 0 aromatic heterocycles. The van der Waals surface area contributed by atoms with Crippen LogP contribution in [0.4, 0.5) is 4.79 Å². The number of carbonyl (C=O) groups is 3. The Kier molecular flexibility index (Phi) is 7.17. The summed E-state index contributed by atoms with van der Waals surface area (Å²) < 4.78 is 10.8. The number of carboxylic acid groups (broad SMARTS) is 1. The summed E-state index contributed by atoms with van der Waals surface area (Å²) in [6, 6.07) is 15.3. The molecule has 1 heterocycles. The topological polar surface area (TPSA) is 114 Å². The lowest BCUT2D eigenvalue weighted by Gasteiger charge is -2.33. The van der Waals surface area contributed by atoms with Gasteiger partial charge in [-0.05, 0) is 41.5 Å². The van der Waals surface area contributed by atoms with E-state index in [-0.39, 0.29) is 19.1 Å². The van der Waals surface area contributed by atoms with Crippen LogP contribution in [0.5, 0.6) is 0 Å². The second-order valence-electron chi connectivity index (χ2n) is 8.85. The molecule has 0 saturated carbocycles. The van der Waals surface area contributed by atoms with Gasteiger partial charge >= 0.3 is 12.1 Å². The largest absolute Gasteiger partial charge is 0.481 e. The van der Waals surface area contributed by atoms with Gasteiger partial charge in [-0.2, -0.15) is 0 Å². The smallest absolute Gasteiger partial charge is 0.407 e. The van der Waals surface area contributed by atoms with Crippen molar-refractivity contribution < 1.29 is 29.0 Å². The molecule has 3 N–H and O–H groups in total. The molecule has 0 radical (unpaired) electrons. The average molecular weight is 467 g/mol. The fraction of sp³-hybridized carbons (Fsp3) is 0.423. The highest BCUT2D eigenvalue weighted by Crippen LogP contribution is 2.44. The van der Waals surface area contributed by atoms with E-state index >= 15 is 0 Å². The van der Waals surface area contributed by atoms with Gasteiger partial charge in [0, 0.05) is 25.7 Å². The summed E-state index contributed by atoms with van der Waals surface area (Å²) in [5.74, 6) is -1.45. The summed E-state index contributed by atoms with van der Waals surface area (Å²) >= 11 is 0. The van der Waals surface area contributed by atoms with Gasteiger partial charge in [0.1, 0.15) is 12.6 Å². The van der Waals surface area contributed by atoms with Gasteiger partial charge in [-0.25, -0.2) is 4.79 Å². The molecule has 0 spiro atoms. The summed E-state index contributed by atoms with van der Waals surface area (Å²) in [5.41, 5.74) is 3.45. The van der Waals surface area contributed by atoms with Crippen molar-refractivity contribution in [1.82, 2.24) is 10.6 Å². The maximum Gasteiger partial charge on any atom is 0.407 e. The first kappa shape index (κ1) is 23.8. The lowest BCUT2D eigenvalue weighted by molar-refractivity contribution is -0.154. The molecule has 1 saturated heterocycles. The molecule has 1 aliphatic carbocycles. The number of hydrogen-bond acceptors (Lipinski definition) is 5. The number of rotatable bonds is 8. The van der Waals surface area contributed by atoms with Crippen LogP contribution in [0.2, 0.25) is 0 Å². The predicted molar refractivity (Wildman–Crippen MR) is 125 cm³/mol. The van der Waals surface area contributed by atoms with Crippen molar-refractivity contribution in [2.75, 3.05) is 26.4 Å². The number of hydrogen-bond donors (Lipinski definition) is 3. The normalized spacial score (nSPS) is 17.2. The number of ether oxygens (including phenoxy) is 2. The minimum atomic E-state index is -1.05. The number of fused-ring (bicyclic) bond motifs is 3. The van der Waals surface area contributed by atoms with Crippen LogP contribution < -0.4 is 10.6 Å². The highest BCUT2D eigenvalue weighted by Gasteiger charge is 2.41. The van der Waals surface area contributed by atoms with Crippen LogP contribution in [-0.4, -0.2) is 55.5 Å². The Bertz CT molecular complexity index is 1020. The zero-order valence-electron chi connectivity index (χ0n) is 19.2. The van der Waals surface area contributed by atoms with Gasteiger partial charge in [0.05, 0.1) is 5.41 Å². The highest BCUT2D eigenvalue weighted by molar-refractivity contribution is 5.86. The first-order valence-corrected chi connectivity index (χ1v) is 11.7. The molecule has 1 fully saturated rings. The van der Waals surface area contributed by atoms with Gasteiger partial charge in [-0.1, -0.05) is 55.5 Å². The molecule has 2 aromatic carbocycles. The predicted octanol–water partition coefficient (Wildman–Crippen LogP) is 3.30. The van der Waals surface area contributed by atoms with Crippen LogP contribution in [0.25, 0.3) is 11.1 Å². The molecule has 34 heavy (non-hydrogen) atoms. The number of benzene rings is 2. The maximum absolute atomic E-state index is 12.7. The van der Waals surface area contributed by atoms with Crippen LogP contribution in [-0.2, 0) is 19.1 Å². The molecule has 1 aliphatic heterocycles. The van der Waals surface area contributed by atoms with Crippen molar-refractivity contribution in [3.05, 3.63) is 59.7 Å². The zero-order valence-corrected chi connectivity index (χ0v) is 19.2. The van der Waals surface area contributed by atoms with E-state index in [1.807, 2.05) is 36.4 Å². The van der Waals surface area contributed by atoms with E-state index in [4.69, 9.17) is 9.47 Å². The third-order valence-corrected chi connectivity index (χ3v) is 6.87. The van der Waals surface area contributed by atoms with Crippen LogP contribution in [0, 0.1) is 5.41 Å². The third-order valence-electron chi connectivity index (χ3n) is 6.87. The van der Waals surface area contributed by atoms with Gasteiger partial charge in [0.25, 0.3) is 0 Å². The fourth-order valence-electron chi connectivity index (χ4n) is 4.74. The lowest BCUT2D eigenvalue weighted by Crippen LogP contribution is -2.52. The van der Waals surface area contributed by atoms with Crippen LogP contribution in [0.3, 0.4) is 0 Å². The van der Waals surface area contributed by atoms with Crippen LogP contribution in [0.1, 0.15) is 43.2 Å². The Morgan fingerprint density at radius 2 is 1.65 bits per heavy atom. The molecule has 2 aromatic rings. The number of aliphatic carboxylic acids is 1. The SMILES string of the molecule is CCC(NC(=O)OCC1c2ccccc2-c2ccccc21)C(=O)NCC1(C(=O)O)CCOCC1. The van der Waals surface area contributed by atoms with Crippen molar-refractivity contribution in [3.8, 4) is 11.1 Å². The van der Waals surface area contributed by atoms with Gasteiger partial charge in [-0.3, -0.25) is 9.59 Å². The molecule has 4 rings (SSSR count). The molecule has 1 unspecified atom stereocenters. The number of carbonyl (C=O) groups excluding carboxylic acids is 2. The minimum Gasteiger partial charge on any atom is -0.481 e. The van der Waals surface area contributed by atoms with Gasteiger partial charge in [0.15, 0.2) is 0 Å². The van der Waals surface area contributed by atoms with E-state index < -0.39 is 29.4 Å². The molecular formula is C26H30N2O6. The lowest BCUT2D eigenvalue weighted by atomic mass is 9.80. The maximum atomic E-state index is 12.7. The summed E-state index contributed by atoms with van der Waals surface area (Å²) in [7, 11) is 0. The van der Waals surface area contributed by atoms with E-state index in [0.29, 0.717) is 32.5 Å². The number of amides is 2. The van der Waals surface area contributed by atoms with Crippen molar-refractivity contribution in [2.24, 2.45) is 5.41 Å². The Labute approximate surface area is 198 Å². The van der Waals surface area contributed by atoms with Gasteiger partial charge < -0.3 is 25.2 Å². The summed E-state index contributed by atoms with van der Waals surface area (Å²) in [4.78, 5) is 37.0. The van der Waals surface area contributed by atoms with E-state index in [2.05, 4.69) is 22.8 Å². The molecular weight excluding hydrogens is 436 g/mol. The monoisotopic (exact) mass is 466 g/mol. The number of carboxylic acids is 1. The summed E-state index contributed by atoms with van der Waals surface area (Å²) in [6.07, 6.45) is 0.334. The van der Waals surface area contributed by atoms with E-state index in [9.17, 15) is 19.5 Å². The van der Waals surface area contributed by atoms with Crippen molar-refractivity contribution in [1.29, 1.82) is 0 Å². The second kappa shape index (κ2) is 10.3. The number of alkyl carbamates (subject to hydrolysis) is 1. The zero-order chi connectivity index (χ0) is 24.1. The second-order valence-corrected chi connectivity index (χ2v) is 8.85. The number of nitrogens with one attached hydrogen (secondary N) is 2. The molecule has 180 valence electrons. The molecule has 1 atom stereocenters. The van der Waals surface area contributed by atoms with E-state index in [1.165, 1.54) is 0 Å². The summed E-state index contributed by atoms with van der Waals surface area (Å²) in [6.45, 7) is 2.61. The van der Waals surface area contributed by atoms with Crippen LogP contribution >= 0.6 is 0 Å². The van der Waals surface area contributed by atoms with E-state index in [0.717, 1.165) is 22.3 Å². The minimum absolute atomic E-state index is 0.00655. The van der Waals surface area contributed by atoms with Crippen molar-refractivity contribution in [3.63, 3.8) is 0 Å². The van der Waals surface area contributed by atoms with Crippen molar-refractivity contribution in [2.45, 2.75) is 38.1 Å². The van der Waals surface area contributed by atoms with E-state index in [1.54, 1.807) is 6.92 Å². The first-order valence-electron chi connectivity index (χ1n) is 11.7. The average Bonchev–Trinajstić information content (AvgIpc) is 3.18. The Morgan fingerprint density at radius 1 is 1.06 bits per heavy atom. The molecule has 8 heteroatoms. The molecule has 2 aliphatic rings. The van der Waals surface area contributed by atoms with Crippen LogP contribution in [0.15, 0.2) is 48.5 Å². The first-order chi connectivity index (χ1) is 16.4. The summed E-state index contributed by atoms with van der Waals surface area (Å²) in [5, 5.41) is 15.0. The highest BCUT2D eigenvalue weighted by atomic mass is 16.5. The molecule has 8 nitrogen and oxygen atoms in total. The Balaban J connectivity index is 1.34. The van der Waals surface area contributed by atoms with Gasteiger partial charge in [0.2, 0.25) is 5.91 Å². The quantitative estimate of drug-likeness (QED) is 0.550. The molecule has 2 amide bonds. The van der Waals surface area contributed by atoms with Crippen molar-refractivity contribution >= 4 is 18.0 Å². The molecule has 0 bridgehead atoms. The fourth-order valence-corrected chi connectivity index (χ4v) is 4.74. The third kappa shape index (κ3) is 4.77. The Morgan fingerprint density at radius 3 is 2.21 bits per heavy atom. The Hall–Kier alpha value is -3.39. The standard InChI is InChI=1S/C26H30N2O6/c1-2-22(23(29)27-16-26(24(30)31)11-13-33-14-12-26)28-25(32)34-15-21-19-9-5-3-7-17(19)18-8-4-6-10-20(18)21/h3-10,21-22H,2,11-16H2,1H3,(H,27,29)(H,28,32)(H,30,31). The van der Waals surface area contributed by atoms with Gasteiger partial charge in [-0.15, -0.1) is 0 Å².